The molecule has 11 rings (SSSR count). The molecule has 5 aliphatic rings. The van der Waals surface area contributed by atoms with Crippen LogP contribution in [0.2, 0.25) is 0 Å². The summed E-state index contributed by atoms with van der Waals surface area (Å²) in [5.74, 6) is 1.09. The molecule has 454 valence electrons. The van der Waals surface area contributed by atoms with Crippen LogP contribution in [0.25, 0.3) is 5.57 Å². The fourth-order valence-electron chi connectivity index (χ4n) is 14.2. The zero-order chi connectivity index (χ0) is 58.6. The average molecular weight is 1390 g/mol. The third-order valence-electron chi connectivity index (χ3n) is 17.6. The van der Waals surface area contributed by atoms with Gasteiger partial charge in [0.05, 0.1) is 0 Å². The van der Waals surface area contributed by atoms with E-state index in [9.17, 15) is 0 Å². The van der Waals surface area contributed by atoms with Crippen LogP contribution in [-0.2, 0) is 25.4 Å². The van der Waals surface area contributed by atoms with Gasteiger partial charge in [0.2, 0.25) is 0 Å². The zero-order valence-corrected chi connectivity index (χ0v) is 57.9. The van der Waals surface area contributed by atoms with Crippen molar-refractivity contribution in [1.29, 1.82) is 0 Å². The number of aryl methyl sites for hydroxylation is 8. The van der Waals surface area contributed by atoms with Gasteiger partial charge >= 0.3 is 408 Å². The van der Waals surface area contributed by atoms with Gasteiger partial charge < -0.3 is 0 Å². The Morgan fingerprint density at radius 3 is 1.49 bits per heavy atom. The summed E-state index contributed by atoms with van der Waals surface area (Å²) in [4.78, 5) is 11.9. The van der Waals surface area contributed by atoms with Gasteiger partial charge in [-0.15, -0.1) is 0 Å². The molecule has 0 bridgehead atoms. The molecule has 6 aromatic rings. The van der Waals surface area contributed by atoms with Gasteiger partial charge in [0, 0.05) is 0 Å². The Morgan fingerprint density at radius 1 is 0.578 bits per heavy atom. The molecule has 0 amide bonds. The van der Waals surface area contributed by atoms with E-state index in [1.54, 1.807) is 77.0 Å². The molecule has 0 spiro atoms. The van der Waals surface area contributed by atoms with Crippen molar-refractivity contribution in [1.82, 2.24) is 10.3 Å². The van der Waals surface area contributed by atoms with E-state index < -0.39 is 25.4 Å². The van der Waals surface area contributed by atoms with Crippen LogP contribution in [0.4, 0.5) is 17.1 Å². The van der Waals surface area contributed by atoms with Crippen LogP contribution in [0.15, 0.2) is 133 Å². The molecule has 5 nitrogen and oxygen atoms in total. The van der Waals surface area contributed by atoms with Crippen LogP contribution in [0.5, 0.6) is 0 Å². The average Bonchev–Trinajstić information content (AvgIpc) is 2.87. The molecule has 2 saturated heterocycles. The molecule has 1 atom stereocenters. The van der Waals surface area contributed by atoms with Crippen LogP contribution in [0.1, 0.15) is 170 Å². The SMILES string of the molecule is C1CCC(P(C2CCCCC2)C2CCCCC2)CC1.Cc1cc(C)c(C2CNC(=C(C[CH]=[Ru-2]([Cl])[Cl])c3ccccn3)N2c2c(C)cc(C)cc2C)c(C)c1.Cc1ccccc1N1CCN(c2ccccc2C)[C]1=[Ru-4]([Cl])([Cl])=[CH]c1ccccc1. The Kier molecular flexibility index (Phi) is 23.6. The first-order valence-electron chi connectivity index (χ1n) is 30.6. The molecule has 1 N–H and O–H groups in total. The van der Waals surface area contributed by atoms with Gasteiger partial charge in [-0.1, -0.05) is 65.7 Å². The summed E-state index contributed by atoms with van der Waals surface area (Å²) in [6, 6.07) is 42.4. The van der Waals surface area contributed by atoms with E-state index >= 15 is 0 Å². The molecule has 1 aromatic heterocycles. The van der Waals surface area contributed by atoms with Crippen molar-refractivity contribution in [3.63, 3.8) is 0 Å². The standard InChI is InChI=1S/C29H33N3.C18H33P.C17H18N2.C7H6.4ClH.2Ru/c1-8-24(25-11-9-10-12-30-25)29-31-17-26(27-20(4)13-18(2)14-21(27)5)32(29)28-22(6)15-19(3)16-23(28)7;1-4-10-16(11-5-1)19(17-12-6-2-7-13-17)18-14-8-3-9-15-18;1-14-7-3-5-9-16(14)18-11-12-19(13-18)17-10-6-4-8-15(17)2;1-7-5-3-2-4-6-7;;;;;;/h1,9-16,26,31H,8,17H2,2-7H3;16-18H,1-15H2;3-10H,11-12H2,1-2H3;1-6H;4*1H;;/q;;;;;;;;;-2/p-4. The van der Waals surface area contributed by atoms with Gasteiger partial charge in [-0.2, -0.15) is 0 Å². The minimum atomic E-state index is -3.36. The van der Waals surface area contributed by atoms with Crippen molar-refractivity contribution in [3.8, 4) is 0 Å². The number of hydrogen-bond acceptors (Lipinski definition) is 5. The predicted octanol–water partition coefficient (Wildman–Crippen LogP) is 20.1. The molecular formula is C71H90Cl4N5PRu2-6. The molecule has 5 aromatic carbocycles. The van der Waals surface area contributed by atoms with E-state index in [0.717, 1.165) is 46.6 Å². The van der Waals surface area contributed by atoms with Gasteiger partial charge in [0.1, 0.15) is 0 Å². The number of anilines is 3. The summed E-state index contributed by atoms with van der Waals surface area (Å²) in [7, 11) is 27.4. The second-order valence-electron chi connectivity index (χ2n) is 23.8. The van der Waals surface area contributed by atoms with E-state index in [0.29, 0.717) is 14.3 Å². The predicted molar refractivity (Wildman–Crippen MR) is 361 cm³/mol. The Bertz CT molecular complexity index is 3180. The molecule has 83 heavy (non-hydrogen) atoms. The third kappa shape index (κ3) is 16.2. The van der Waals surface area contributed by atoms with Crippen LogP contribution >= 0.6 is 46.7 Å². The normalized spacial score (nSPS) is 19.1. The molecule has 3 heterocycles. The molecule has 2 aliphatic heterocycles. The first-order valence-corrected chi connectivity index (χ1v) is 43.9. The maximum atomic E-state index is 7.23. The summed E-state index contributed by atoms with van der Waals surface area (Å²) in [6.07, 6.45) is 26.1. The summed E-state index contributed by atoms with van der Waals surface area (Å²) >= 11 is -5.30. The molecule has 0 radical (unpaired) electrons. The third-order valence-corrected chi connectivity index (χ3v) is 29.4. The number of nitrogens with one attached hydrogen (secondary N) is 1. The number of benzene rings is 5. The first-order chi connectivity index (χ1) is 40.1. The number of para-hydroxylation sites is 2. The molecule has 3 saturated carbocycles. The van der Waals surface area contributed by atoms with Crippen molar-refractivity contribution < 1.29 is 25.4 Å². The van der Waals surface area contributed by atoms with Gasteiger partial charge in [0.25, 0.3) is 0 Å². The summed E-state index contributed by atoms with van der Waals surface area (Å²) in [5, 5.41) is 3.79. The number of hydrogen-bond donors (Lipinski definition) is 1. The number of halogens is 4. The van der Waals surface area contributed by atoms with E-state index in [1.165, 1.54) is 103 Å². The molecule has 12 heteroatoms. The van der Waals surface area contributed by atoms with E-state index in [2.05, 4.69) is 176 Å². The molecule has 3 aliphatic carbocycles. The molecule has 1 unspecified atom stereocenters. The number of rotatable bonds is 11. The van der Waals surface area contributed by atoms with Crippen LogP contribution in [0.3, 0.4) is 0 Å². The van der Waals surface area contributed by atoms with Crippen molar-refractivity contribution in [3.05, 3.63) is 195 Å². The Hall–Kier alpha value is -3.36. The monoisotopic (exact) mass is 1390 g/mol. The first kappa shape index (κ1) is 64.1. The van der Waals surface area contributed by atoms with Crippen molar-refractivity contribution >= 4 is 82.9 Å². The van der Waals surface area contributed by atoms with Gasteiger partial charge in [-0.25, -0.2) is 0 Å². The maximum absolute atomic E-state index is 7.23. The topological polar surface area (TPSA) is 34.6 Å². The number of nitrogens with zero attached hydrogens (tertiary/aromatic N) is 4. The Balaban J connectivity index is 0.000000156. The van der Waals surface area contributed by atoms with Crippen molar-refractivity contribution in [2.45, 2.75) is 181 Å². The van der Waals surface area contributed by atoms with Crippen molar-refractivity contribution in [2.75, 3.05) is 34.3 Å². The van der Waals surface area contributed by atoms with Gasteiger partial charge in [0.15, 0.2) is 0 Å². The van der Waals surface area contributed by atoms with Crippen molar-refractivity contribution in [2.24, 2.45) is 0 Å². The van der Waals surface area contributed by atoms with E-state index in [-0.39, 0.29) is 6.04 Å². The minimum absolute atomic E-state index is 0.157. The number of aromatic nitrogens is 1. The summed E-state index contributed by atoms with van der Waals surface area (Å²) in [5.41, 5.74) is 21.9. The van der Waals surface area contributed by atoms with Crippen LogP contribution < -0.4 is 20.0 Å². The van der Waals surface area contributed by atoms with Gasteiger partial charge in [-0.05, 0) is 55.5 Å². The fourth-order valence-corrected chi connectivity index (χ4v) is 26.3. The summed E-state index contributed by atoms with van der Waals surface area (Å²) in [6.45, 7) is 20.0. The second kappa shape index (κ2) is 30.5. The summed E-state index contributed by atoms with van der Waals surface area (Å²) < 4.78 is 5.20. The number of pyridine rings is 1. The molecule has 5 fully saturated rings. The van der Waals surface area contributed by atoms with E-state index in [4.69, 9.17) is 43.7 Å². The number of allylic oxidation sites excluding steroid dienone is 1. The second-order valence-corrected chi connectivity index (χ2v) is 42.1. The Morgan fingerprint density at radius 2 is 1.04 bits per heavy atom. The van der Waals surface area contributed by atoms with Gasteiger partial charge in [-0.3, -0.25) is 0 Å². The van der Waals surface area contributed by atoms with E-state index in [1.807, 2.05) is 36.5 Å². The van der Waals surface area contributed by atoms with Crippen LogP contribution in [-0.4, -0.2) is 55.2 Å². The van der Waals surface area contributed by atoms with Crippen LogP contribution in [0, 0.1) is 55.4 Å². The fraction of sp³-hybridized carbons (Fsp3) is 0.437. The Labute approximate surface area is 524 Å². The quantitative estimate of drug-likeness (QED) is 0.103. The molecular weight excluding hydrogens is 1300 g/mol. The zero-order valence-electron chi connectivity index (χ0n) is 50.5.